The first-order valence-electron chi connectivity index (χ1n) is 10.6. The fourth-order valence-electron chi connectivity index (χ4n) is 2.70. The van der Waals surface area contributed by atoms with E-state index >= 15 is 0 Å². The molecule has 0 saturated heterocycles. The average molecular weight is 316 g/mol. The number of unbranched alkanes of at least 4 members (excludes halogenated alkanes) is 10. The standard InChI is InChI=1S/C19H39NO2/c1-4-6-8-10-12-14-16-20(18(3)19(21)22)17-15-13-11-9-7-5-2/h18H,4-17H2,1-3H3,(H,21,22)/t18-/m0/s1/i1D,2D. The van der Waals surface area contributed by atoms with Crippen LogP contribution in [0.25, 0.3) is 0 Å². The van der Waals surface area contributed by atoms with Gasteiger partial charge in [0.15, 0.2) is 0 Å². The second-order valence-electron chi connectivity index (χ2n) is 6.29. The third kappa shape index (κ3) is 12.0. The van der Waals surface area contributed by atoms with Gasteiger partial charge in [-0.25, -0.2) is 0 Å². The maximum Gasteiger partial charge on any atom is 0.320 e. The lowest BCUT2D eigenvalue weighted by Gasteiger charge is -2.26. The van der Waals surface area contributed by atoms with E-state index < -0.39 is 12.0 Å². The number of carboxylic acids is 1. The maximum absolute atomic E-state index is 11.3. The molecule has 132 valence electrons. The Morgan fingerprint density at radius 2 is 1.27 bits per heavy atom. The summed E-state index contributed by atoms with van der Waals surface area (Å²) in [6.45, 7) is 4.63. The van der Waals surface area contributed by atoms with Gasteiger partial charge in [-0.15, -0.1) is 0 Å². The van der Waals surface area contributed by atoms with Gasteiger partial charge in [0.1, 0.15) is 6.04 Å². The van der Waals surface area contributed by atoms with Crippen LogP contribution in [0.15, 0.2) is 0 Å². The normalized spacial score (nSPS) is 13.9. The van der Waals surface area contributed by atoms with Crippen molar-refractivity contribution < 1.29 is 12.6 Å². The van der Waals surface area contributed by atoms with Gasteiger partial charge in [-0.3, -0.25) is 9.69 Å². The highest BCUT2D eigenvalue weighted by molar-refractivity contribution is 5.72. The summed E-state index contributed by atoms with van der Waals surface area (Å²) in [6, 6.07) is -0.392. The molecule has 0 heterocycles. The number of carbonyl (C=O) groups is 1. The Hall–Kier alpha value is -0.570. The van der Waals surface area contributed by atoms with E-state index in [4.69, 9.17) is 2.74 Å². The number of nitrogens with zero attached hydrogens (tertiary/aromatic N) is 1. The molecule has 0 aromatic rings. The lowest BCUT2D eigenvalue weighted by molar-refractivity contribution is -0.142. The Morgan fingerprint density at radius 3 is 1.68 bits per heavy atom. The maximum atomic E-state index is 11.3. The summed E-state index contributed by atoms with van der Waals surface area (Å²) >= 11 is 0. The number of carboxylic acid groups (broad SMARTS) is 1. The predicted octanol–water partition coefficient (Wildman–Crippen LogP) is 5.48. The molecule has 0 aliphatic heterocycles. The van der Waals surface area contributed by atoms with Crippen LogP contribution in [-0.4, -0.2) is 35.1 Å². The Kier molecular flexibility index (Phi) is 12.4. The molecule has 0 spiro atoms. The third-order valence-electron chi connectivity index (χ3n) is 4.30. The van der Waals surface area contributed by atoms with Crippen LogP contribution < -0.4 is 0 Å². The van der Waals surface area contributed by atoms with Crippen LogP contribution in [0.1, 0.15) is 101 Å². The van der Waals surface area contributed by atoms with Crippen molar-refractivity contribution >= 4 is 5.97 Å². The zero-order chi connectivity index (χ0) is 18.0. The van der Waals surface area contributed by atoms with Gasteiger partial charge in [-0.1, -0.05) is 78.0 Å². The smallest absolute Gasteiger partial charge is 0.320 e. The van der Waals surface area contributed by atoms with Crippen molar-refractivity contribution in [1.29, 1.82) is 0 Å². The summed E-state index contributed by atoms with van der Waals surface area (Å²) in [4.78, 5) is 13.4. The lowest BCUT2D eigenvalue weighted by atomic mass is 10.1. The van der Waals surface area contributed by atoms with E-state index in [2.05, 4.69) is 4.90 Å². The Labute approximate surface area is 141 Å². The first kappa shape index (κ1) is 17.8. The molecule has 0 fully saturated rings. The lowest BCUT2D eigenvalue weighted by Crippen LogP contribution is -2.40. The molecule has 0 rings (SSSR count). The van der Waals surface area contributed by atoms with Crippen molar-refractivity contribution in [2.75, 3.05) is 13.1 Å². The first-order valence-corrected chi connectivity index (χ1v) is 9.18. The van der Waals surface area contributed by atoms with E-state index in [0.29, 0.717) is 13.8 Å². The van der Waals surface area contributed by atoms with Gasteiger partial charge < -0.3 is 5.11 Å². The molecule has 1 N–H and O–H groups in total. The van der Waals surface area contributed by atoms with Crippen LogP contribution in [0.3, 0.4) is 0 Å². The summed E-state index contributed by atoms with van der Waals surface area (Å²) in [5.41, 5.74) is 0. The zero-order valence-electron chi connectivity index (χ0n) is 16.7. The van der Waals surface area contributed by atoms with Crippen LogP contribution in [-0.2, 0) is 4.79 Å². The van der Waals surface area contributed by atoms with Crippen LogP contribution >= 0.6 is 0 Å². The summed E-state index contributed by atoms with van der Waals surface area (Å²) in [7, 11) is 0. The molecule has 0 aliphatic rings. The van der Waals surface area contributed by atoms with Crippen molar-refractivity contribution in [2.45, 2.75) is 104 Å². The Balaban J connectivity index is 3.84. The largest absolute Gasteiger partial charge is 0.480 e. The minimum Gasteiger partial charge on any atom is -0.480 e. The zero-order valence-corrected chi connectivity index (χ0v) is 14.7. The molecule has 0 aliphatic carbocycles. The van der Waals surface area contributed by atoms with Gasteiger partial charge in [0, 0.05) is 2.74 Å². The van der Waals surface area contributed by atoms with Gasteiger partial charge in [0.05, 0.1) is 0 Å². The molecule has 3 nitrogen and oxygen atoms in total. The van der Waals surface area contributed by atoms with Crippen LogP contribution in [0, 0.1) is 0 Å². The molecule has 0 aromatic heterocycles. The van der Waals surface area contributed by atoms with E-state index in [0.717, 1.165) is 64.5 Å². The van der Waals surface area contributed by atoms with Gasteiger partial charge >= 0.3 is 5.97 Å². The molecular formula is C19H39NO2. The summed E-state index contributed by atoms with van der Waals surface area (Å²) in [5.74, 6) is -0.721. The highest BCUT2D eigenvalue weighted by atomic mass is 16.4. The summed E-state index contributed by atoms with van der Waals surface area (Å²) in [6.07, 6.45) is 13.6. The Bertz CT molecular complexity index is 273. The monoisotopic (exact) mass is 315 g/mol. The van der Waals surface area contributed by atoms with E-state index in [1.807, 2.05) is 0 Å². The summed E-state index contributed by atoms with van der Waals surface area (Å²) < 4.78 is 14.2. The fourth-order valence-corrected chi connectivity index (χ4v) is 2.70. The van der Waals surface area contributed by atoms with Crippen LogP contribution in [0.4, 0.5) is 0 Å². The SMILES string of the molecule is [2H]CCCCCCCCN(CCCCCCCC[2H])[C@@H](C)C(=O)O. The van der Waals surface area contributed by atoms with Crippen LogP contribution in [0.2, 0.25) is 0 Å². The van der Waals surface area contributed by atoms with E-state index in [-0.39, 0.29) is 0 Å². The molecule has 0 radical (unpaired) electrons. The van der Waals surface area contributed by atoms with Crippen molar-refractivity contribution in [2.24, 2.45) is 0 Å². The number of hydrogen-bond donors (Lipinski definition) is 1. The quantitative estimate of drug-likeness (QED) is 0.383. The second-order valence-corrected chi connectivity index (χ2v) is 6.29. The molecule has 22 heavy (non-hydrogen) atoms. The predicted molar refractivity (Wildman–Crippen MR) is 95.4 cm³/mol. The molecular weight excluding hydrogens is 274 g/mol. The minimum absolute atomic E-state index is 0.392. The van der Waals surface area contributed by atoms with Crippen molar-refractivity contribution in [3.63, 3.8) is 0 Å². The summed E-state index contributed by atoms with van der Waals surface area (Å²) in [5, 5.41) is 9.27. The number of rotatable bonds is 16. The molecule has 0 unspecified atom stereocenters. The van der Waals surface area contributed by atoms with Gasteiger partial charge in [-0.2, -0.15) is 0 Å². The average Bonchev–Trinajstić information content (AvgIpc) is 2.57. The first-order chi connectivity index (χ1) is 11.6. The molecule has 0 bridgehead atoms. The third-order valence-corrected chi connectivity index (χ3v) is 4.30. The van der Waals surface area contributed by atoms with E-state index in [1.165, 1.54) is 25.7 Å². The molecule has 3 heteroatoms. The van der Waals surface area contributed by atoms with Crippen molar-refractivity contribution in [3.8, 4) is 0 Å². The molecule has 0 amide bonds. The molecule has 0 saturated carbocycles. The van der Waals surface area contributed by atoms with E-state index in [9.17, 15) is 9.90 Å². The fraction of sp³-hybridized carbons (Fsp3) is 0.947. The Morgan fingerprint density at radius 1 is 0.864 bits per heavy atom. The van der Waals surface area contributed by atoms with Gasteiger partial charge in [0.2, 0.25) is 0 Å². The number of hydrogen-bond acceptors (Lipinski definition) is 2. The topological polar surface area (TPSA) is 40.5 Å². The van der Waals surface area contributed by atoms with Gasteiger partial charge in [0.25, 0.3) is 0 Å². The van der Waals surface area contributed by atoms with Crippen molar-refractivity contribution in [3.05, 3.63) is 0 Å². The number of aliphatic carboxylic acids is 1. The minimum atomic E-state index is -0.721. The van der Waals surface area contributed by atoms with Crippen molar-refractivity contribution in [1.82, 2.24) is 4.90 Å². The van der Waals surface area contributed by atoms with Gasteiger partial charge in [-0.05, 0) is 32.9 Å². The van der Waals surface area contributed by atoms with Crippen LogP contribution in [0.5, 0.6) is 0 Å². The highest BCUT2D eigenvalue weighted by Crippen LogP contribution is 2.11. The highest BCUT2D eigenvalue weighted by Gasteiger charge is 2.19. The second kappa shape index (κ2) is 15.3. The van der Waals surface area contributed by atoms with E-state index in [1.54, 1.807) is 6.92 Å². The molecule has 0 aromatic carbocycles. The molecule has 1 atom stereocenters.